The van der Waals surface area contributed by atoms with E-state index in [9.17, 15) is 4.39 Å². The van der Waals surface area contributed by atoms with E-state index in [1.54, 1.807) is 12.1 Å². The fourth-order valence-corrected chi connectivity index (χ4v) is 1.83. The Morgan fingerprint density at radius 2 is 1.65 bits per heavy atom. The summed E-state index contributed by atoms with van der Waals surface area (Å²) in [4.78, 5) is 0. The standard InChI is InChI=1S/C15H16FN/c1-2-11-3-5-12(6-4-11)13-7-8-14(10-17)15(16)9-13/h3-9H,2,10,17H2,1H3. The molecule has 0 saturated heterocycles. The maximum absolute atomic E-state index is 13.6. The Balaban J connectivity index is 2.35. The Morgan fingerprint density at radius 3 is 2.18 bits per heavy atom. The molecule has 0 bridgehead atoms. The number of nitrogens with two attached hydrogens (primary N) is 1. The van der Waals surface area contributed by atoms with E-state index < -0.39 is 0 Å². The number of aryl methyl sites for hydroxylation is 1. The van der Waals surface area contributed by atoms with Gasteiger partial charge < -0.3 is 5.73 Å². The summed E-state index contributed by atoms with van der Waals surface area (Å²) in [5.41, 5.74) is 9.20. The molecule has 0 aromatic heterocycles. The van der Waals surface area contributed by atoms with Crippen molar-refractivity contribution in [2.75, 3.05) is 0 Å². The second kappa shape index (κ2) is 5.11. The molecule has 17 heavy (non-hydrogen) atoms. The molecule has 0 unspecified atom stereocenters. The molecule has 2 aromatic rings. The third-order valence-electron chi connectivity index (χ3n) is 2.97. The van der Waals surface area contributed by atoms with Crippen molar-refractivity contribution in [2.24, 2.45) is 5.73 Å². The number of benzene rings is 2. The summed E-state index contributed by atoms with van der Waals surface area (Å²) in [6, 6.07) is 13.4. The molecular weight excluding hydrogens is 213 g/mol. The van der Waals surface area contributed by atoms with Crippen LogP contribution in [0.25, 0.3) is 11.1 Å². The van der Waals surface area contributed by atoms with Crippen molar-refractivity contribution >= 4 is 0 Å². The Hall–Kier alpha value is -1.67. The van der Waals surface area contributed by atoms with Crippen LogP contribution in [-0.4, -0.2) is 0 Å². The normalized spacial score (nSPS) is 10.5. The largest absolute Gasteiger partial charge is 0.326 e. The molecule has 0 saturated carbocycles. The lowest BCUT2D eigenvalue weighted by Gasteiger charge is -2.05. The van der Waals surface area contributed by atoms with E-state index in [0.717, 1.165) is 17.5 Å². The van der Waals surface area contributed by atoms with Crippen LogP contribution >= 0.6 is 0 Å². The Bertz CT molecular complexity index is 503. The van der Waals surface area contributed by atoms with Gasteiger partial charge in [0.15, 0.2) is 0 Å². The van der Waals surface area contributed by atoms with Crippen molar-refractivity contribution in [3.05, 3.63) is 59.4 Å². The van der Waals surface area contributed by atoms with Crippen LogP contribution in [0, 0.1) is 5.82 Å². The van der Waals surface area contributed by atoms with Crippen molar-refractivity contribution in [3.63, 3.8) is 0 Å². The fourth-order valence-electron chi connectivity index (χ4n) is 1.83. The molecule has 2 rings (SSSR count). The highest BCUT2D eigenvalue weighted by Gasteiger charge is 2.03. The lowest BCUT2D eigenvalue weighted by molar-refractivity contribution is 0.611. The minimum Gasteiger partial charge on any atom is -0.326 e. The van der Waals surface area contributed by atoms with Gasteiger partial charge in [-0.15, -0.1) is 0 Å². The zero-order chi connectivity index (χ0) is 12.3. The predicted molar refractivity (Wildman–Crippen MR) is 69.1 cm³/mol. The maximum Gasteiger partial charge on any atom is 0.128 e. The first-order valence-electron chi connectivity index (χ1n) is 5.82. The maximum atomic E-state index is 13.6. The van der Waals surface area contributed by atoms with Crippen LogP contribution in [0.15, 0.2) is 42.5 Å². The van der Waals surface area contributed by atoms with Gasteiger partial charge in [-0.2, -0.15) is 0 Å². The molecule has 0 fully saturated rings. The second-order valence-electron chi connectivity index (χ2n) is 4.06. The van der Waals surface area contributed by atoms with Crippen molar-refractivity contribution in [1.82, 2.24) is 0 Å². The molecule has 0 spiro atoms. The van der Waals surface area contributed by atoms with Crippen molar-refractivity contribution in [3.8, 4) is 11.1 Å². The number of halogens is 1. The lowest BCUT2D eigenvalue weighted by Crippen LogP contribution is -1.99. The van der Waals surface area contributed by atoms with Gasteiger partial charge in [-0.25, -0.2) is 4.39 Å². The zero-order valence-electron chi connectivity index (χ0n) is 9.91. The first-order chi connectivity index (χ1) is 8.24. The number of hydrogen-bond donors (Lipinski definition) is 1. The van der Waals surface area contributed by atoms with Crippen LogP contribution in [0.1, 0.15) is 18.1 Å². The molecule has 0 heterocycles. The average molecular weight is 229 g/mol. The zero-order valence-corrected chi connectivity index (χ0v) is 9.91. The molecule has 0 amide bonds. The van der Waals surface area contributed by atoms with Crippen LogP contribution in [0.4, 0.5) is 4.39 Å². The second-order valence-corrected chi connectivity index (χ2v) is 4.06. The Kier molecular flexibility index (Phi) is 3.55. The first kappa shape index (κ1) is 11.8. The van der Waals surface area contributed by atoms with Crippen LogP contribution in [0.2, 0.25) is 0 Å². The van der Waals surface area contributed by atoms with Gasteiger partial charge in [-0.3, -0.25) is 0 Å². The Morgan fingerprint density at radius 1 is 1.00 bits per heavy atom. The first-order valence-corrected chi connectivity index (χ1v) is 5.82. The predicted octanol–water partition coefficient (Wildman–Crippen LogP) is 3.51. The van der Waals surface area contributed by atoms with E-state index in [-0.39, 0.29) is 12.4 Å². The quantitative estimate of drug-likeness (QED) is 0.856. The molecule has 88 valence electrons. The fraction of sp³-hybridized carbons (Fsp3) is 0.200. The molecule has 0 aliphatic carbocycles. The SMILES string of the molecule is CCc1ccc(-c2ccc(CN)c(F)c2)cc1. The molecule has 2 N–H and O–H groups in total. The van der Waals surface area contributed by atoms with Crippen LogP contribution in [0.5, 0.6) is 0 Å². The molecule has 0 aliphatic rings. The van der Waals surface area contributed by atoms with E-state index in [0.29, 0.717) is 5.56 Å². The minimum atomic E-state index is -0.232. The summed E-state index contributed by atoms with van der Waals surface area (Å²) in [5.74, 6) is -0.232. The van der Waals surface area contributed by atoms with Gasteiger partial charge in [0, 0.05) is 12.1 Å². The molecule has 0 atom stereocenters. The average Bonchev–Trinajstić information content (AvgIpc) is 2.39. The van der Waals surface area contributed by atoms with Gasteiger partial charge in [-0.05, 0) is 29.2 Å². The number of rotatable bonds is 3. The highest BCUT2D eigenvalue weighted by Crippen LogP contribution is 2.22. The Labute approximate surface area is 101 Å². The van der Waals surface area contributed by atoms with Crippen molar-refractivity contribution < 1.29 is 4.39 Å². The third kappa shape index (κ3) is 2.53. The van der Waals surface area contributed by atoms with Gasteiger partial charge >= 0.3 is 0 Å². The molecule has 0 aliphatic heterocycles. The monoisotopic (exact) mass is 229 g/mol. The molecule has 0 radical (unpaired) electrons. The van der Waals surface area contributed by atoms with E-state index in [2.05, 4.69) is 19.1 Å². The summed E-state index contributed by atoms with van der Waals surface area (Å²) in [6.45, 7) is 2.35. The van der Waals surface area contributed by atoms with E-state index in [4.69, 9.17) is 5.73 Å². The van der Waals surface area contributed by atoms with Gasteiger partial charge in [0.1, 0.15) is 5.82 Å². The van der Waals surface area contributed by atoms with Crippen molar-refractivity contribution in [2.45, 2.75) is 19.9 Å². The molecular formula is C15H16FN. The highest BCUT2D eigenvalue weighted by atomic mass is 19.1. The summed E-state index contributed by atoms with van der Waals surface area (Å²) >= 11 is 0. The molecule has 1 nitrogen and oxygen atoms in total. The summed E-state index contributed by atoms with van der Waals surface area (Å²) in [5, 5.41) is 0. The minimum absolute atomic E-state index is 0.232. The van der Waals surface area contributed by atoms with Crippen LogP contribution in [0.3, 0.4) is 0 Å². The van der Waals surface area contributed by atoms with Gasteiger partial charge in [0.2, 0.25) is 0 Å². The van der Waals surface area contributed by atoms with Gasteiger partial charge in [0.05, 0.1) is 0 Å². The third-order valence-corrected chi connectivity index (χ3v) is 2.97. The number of hydrogen-bond acceptors (Lipinski definition) is 1. The van der Waals surface area contributed by atoms with E-state index in [1.807, 2.05) is 18.2 Å². The van der Waals surface area contributed by atoms with E-state index >= 15 is 0 Å². The van der Waals surface area contributed by atoms with Crippen LogP contribution < -0.4 is 5.73 Å². The molecule has 2 heteroatoms. The van der Waals surface area contributed by atoms with Gasteiger partial charge in [0.25, 0.3) is 0 Å². The van der Waals surface area contributed by atoms with Crippen molar-refractivity contribution in [1.29, 1.82) is 0 Å². The summed E-state index contributed by atoms with van der Waals surface area (Å²) in [6.07, 6.45) is 1.01. The lowest BCUT2D eigenvalue weighted by atomic mass is 10.0. The van der Waals surface area contributed by atoms with E-state index in [1.165, 1.54) is 5.56 Å². The van der Waals surface area contributed by atoms with Crippen LogP contribution in [-0.2, 0) is 13.0 Å². The smallest absolute Gasteiger partial charge is 0.128 e. The topological polar surface area (TPSA) is 26.0 Å². The van der Waals surface area contributed by atoms with Gasteiger partial charge in [-0.1, -0.05) is 43.3 Å². The highest BCUT2D eigenvalue weighted by molar-refractivity contribution is 5.64. The summed E-state index contributed by atoms with van der Waals surface area (Å²) < 4.78 is 13.6. The molecule has 2 aromatic carbocycles. The summed E-state index contributed by atoms with van der Waals surface area (Å²) in [7, 11) is 0.